The van der Waals surface area contributed by atoms with Crippen molar-refractivity contribution in [3.05, 3.63) is 36.4 Å². The molecule has 94 valence electrons. The number of rotatable bonds is 3. The Morgan fingerprint density at radius 3 is 3.00 bits per heavy atom. The summed E-state index contributed by atoms with van der Waals surface area (Å²) in [6, 6.07) is 12.2. The molecule has 4 heteroatoms. The zero-order chi connectivity index (χ0) is 12.4. The maximum absolute atomic E-state index is 5.90. The second-order valence-electron chi connectivity index (χ2n) is 4.95. The second-order valence-corrected chi connectivity index (χ2v) is 4.95. The summed E-state index contributed by atoms with van der Waals surface area (Å²) in [5, 5.41) is 2.31. The predicted molar refractivity (Wildman–Crippen MR) is 71.1 cm³/mol. The zero-order valence-electron chi connectivity index (χ0n) is 10.1. The van der Waals surface area contributed by atoms with Crippen LogP contribution in [-0.2, 0) is 4.74 Å². The number of aromatic nitrogens is 1. The molecule has 3 heterocycles. The number of nitrogens with zero attached hydrogens (tertiary/aromatic N) is 1. The molecule has 1 unspecified atom stereocenters. The summed E-state index contributed by atoms with van der Waals surface area (Å²) in [6.07, 6.45) is 0.266. The summed E-state index contributed by atoms with van der Waals surface area (Å²) in [4.78, 5) is 0. The third-order valence-corrected chi connectivity index (χ3v) is 3.71. The van der Waals surface area contributed by atoms with Crippen LogP contribution in [0.15, 0.2) is 40.9 Å². The van der Waals surface area contributed by atoms with Crippen molar-refractivity contribution in [1.82, 2.24) is 4.57 Å². The molecule has 0 radical (unpaired) electrons. The standard InChI is InChI=1S/C15H11NO3/c1-2-4-11-10(3-1)14-12(18-8-9-7-17-9)5-6-13-15(14)16(11)19-13/h1-6,9H,7-8H2. The lowest BCUT2D eigenvalue weighted by Crippen LogP contribution is -2.04. The van der Waals surface area contributed by atoms with Crippen LogP contribution in [0.2, 0.25) is 0 Å². The molecule has 1 aliphatic heterocycles. The van der Waals surface area contributed by atoms with Gasteiger partial charge in [-0.3, -0.25) is 0 Å². The Hall–Kier alpha value is -2.20. The van der Waals surface area contributed by atoms with Crippen LogP contribution in [0.4, 0.5) is 0 Å². The van der Waals surface area contributed by atoms with Gasteiger partial charge in [0.1, 0.15) is 24.0 Å². The first-order valence-electron chi connectivity index (χ1n) is 6.41. The first-order chi connectivity index (χ1) is 9.42. The van der Waals surface area contributed by atoms with Gasteiger partial charge in [0.15, 0.2) is 5.58 Å². The Labute approximate surface area is 108 Å². The van der Waals surface area contributed by atoms with E-state index in [1.54, 1.807) is 0 Å². The SMILES string of the molecule is c1ccc2c(c1)c1c(OCC3CO3)ccc3on2c31. The summed E-state index contributed by atoms with van der Waals surface area (Å²) in [6.45, 7) is 1.43. The molecule has 4 aromatic rings. The minimum absolute atomic E-state index is 0.266. The van der Waals surface area contributed by atoms with E-state index >= 15 is 0 Å². The molecule has 0 N–H and O–H groups in total. The number of fused-ring (bicyclic) bond motifs is 3. The monoisotopic (exact) mass is 253 g/mol. The molecule has 0 amide bonds. The van der Waals surface area contributed by atoms with Gasteiger partial charge in [-0.05, 0) is 18.2 Å². The van der Waals surface area contributed by atoms with Crippen molar-refractivity contribution in [1.29, 1.82) is 0 Å². The van der Waals surface area contributed by atoms with Crippen LogP contribution in [0.5, 0.6) is 5.75 Å². The zero-order valence-corrected chi connectivity index (χ0v) is 10.1. The van der Waals surface area contributed by atoms with Crippen LogP contribution in [0.25, 0.3) is 27.4 Å². The van der Waals surface area contributed by atoms with Crippen molar-refractivity contribution >= 4 is 27.4 Å². The van der Waals surface area contributed by atoms with E-state index in [0.29, 0.717) is 6.61 Å². The number of hydrogen-bond acceptors (Lipinski definition) is 3. The Balaban J connectivity index is 1.79. The molecule has 2 aromatic carbocycles. The number of benzene rings is 2. The van der Waals surface area contributed by atoms with Crippen molar-refractivity contribution in [3.63, 3.8) is 0 Å². The third kappa shape index (κ3) is 1.21. The van der Waals surface area contributed by atoms with Gasteiger partial charge in [0, 0.05) is 5.39 Å². The van der Waals surface area contributed by atoms with Crippen molar-refractivity contribution in [2.24, 2.45) is 0 Å². The van der Waals surface area contributed by atoms with Gasteiger partial charge in [-0.1, -0.05) is 18.2 Å². The molecular formula is C15H11NO3. The molecule has 5 rings (SSSR count). The first kappa shape index (κ1) is 9.69. The number of ether oxygens (including phenoxy) is 2. The summed E-state index contributed by atoms with van der Waals surface area (Å²) in [5.41, 5.74) is 3.13. The smallest absolute Gasteiger partial charge is 0.183 e. The molecular weight excluding hydrogens is 242 g/mol. The van der Waals surface area contributed by atoms with Crippen LogP contribution in [-0.4, -0.2) is 23.9 Å². The molecule has 0 spiro atoms. The van der Waals surface area contributed by atoms with Gasteiger partial charge in [-0.2, -0.15) is 4.57 Å². The van der Waals surface area contributed by atoms with E-state index in [4.69, 9.17) is 14.0 Å². The molecule has 2 aromatic heterocycles. The summed E-state index contributed by atoms with van der Waals surface area (Å²) in [5.74, 6) is 0.910. The van der Waals surface area contributed by atoms with Crippen molar-refractivity contribution < 1.29 is 14.0 Å². The van der Waals surface area contributed by atoms with Gasteiger partial charge < -0.3 is 14.0 Å². The lowest BCUT2D eigenvalue weighted by atomic mass is 10.1. The van der Waals surface area contributed by atoms with Crippen molar-refractivity contribution in [2.75, 3.05) is 13.2 Å². The fourth-order valence-corrected chi connectivity index (χ4v) is 2.69. The fraction of sp³-hybridized carbons (Fsp3) is 0.200. The van der Waals surface area contributed by atoms with Gasteiger partial charge in [0.25, 0.3) is 0 Å². The molecule has 0 aliphatic carbocycles. The number of hydrogen-bond donors (Lipinski definition) is 0. The number of para-hydroxylation sites is 1. The van der Waals surface area contributed by atoms with Gasteiger partial charge >= 0.3 is 0 Å². The lowest BCUT2D eigenvalue weighted by molar-refractivity contribution is 0.265. The van der Waals surface area contributed by atoms with E-state index in [9.17, 15) is 0 Å². The highest BCUT2D eigenvalue weighted by Crippen LogP contribution is 2.40. The van der Waals surface area contributed by atoms with Gasteiger partial charge in [-0.15, -0.1) is 0 Å². The fourth-order valence-electron chi connectivity index (χ4n) is 2.69. The minimum atomic E-state index is 0.266. The molecule has 1 aliphatic rings. The maximum atomic E-state index is 5.90. The Kier molecular flexibility index (Phi) is 1.64. The van der Waals surface area contributed by atoms with E-state index in [0.717, 1.165) is 34.4 Å². The van der Waals surface area contributed by atoms with Crippen LogP contribution >= 0.6 is 0 Å². The highest BCUT2D eigenvalue weighted by atomic mass is 16.6. The molecule has 4 nitrogen and oxygen atoms in total. The highest BCUT2D eigenvalue weighted by Gasteiger charge is 2.25. The minimum Gasteiger partial charge on any atom is -0.490 e. The Morgan fingerprint density at radius 1 is 1.21 bits per heavy atom. The van der Waals surface area contributed by atoms with Crippen LogP contribution < -0.4 is 4.74 Å². The Bertz CT molecular complexity index is 885. The summed E-state index contributed by atoms with van der Waals surface area (Å²) >= 11 is 0. The average molecular weight is 253 g/mol. The van der Waals surface area contributed by atoms with Crippen molar-refractivity contribution in [2.45, 2.75) is 6.10 Å². The number of epoxide rings is 1. The van der Waals surface area contributed by atoms with E-state index in [2.05, 4.69) is 12.1 Å². The average Bonchev–Trinajstić information content (AvgIpc) is 3.18. The highest BCUT2D eigenvalue weighted by molar-refractivity contribution is 6.16. The van der Waals surface area contributed by atoms with E-state index in [-0.39, 0.29) is 6.10 Å². The topological polar surface area (TPSA) is 39.3 Å². The first-order valence-corrected chi connectivity index (χ1v) is 6.41. The van der Waals surface area contributed by atoms with Crippen LogP contribution in [0.1, 0.15) is 0 Å². The van der Waals surface area contributed by atoms with E-state index < -0.39 is 0 Å². The van der Waals surface area contributed by atoms with Gasteiger partial charge in [0.05, 0.1) is 17.5 Å². The van der Waals surface area contributed by atoms with Crippen LogP contribution in [0, 0.1) is 0 Å². The summed E-state index contributed by atoms with van der Waals surface area (Å²) in [7, 11) is 0. The quantitative estimate of drug-likeness (QED) is 0.527. The molecule has 0 saturated carbocycles. The summed E-state index contributed by atoms with van der Waals surface area (Å²) < 4.78 is 18.6. The largest absolute Gasteiger partial charge is 0.490 e. The lowest BCUT2D eigenvalue weighted by Gasteiger charge is -2.09. The molecule has 0 bridgehead atoms. The normalized spacial score (nSPS) is 18.8. The van der Waals surface area contributed by atoms with E-state index in [1.165, 1.54) is 5.39 Å². The third-order valence-electron chi connectivity index (χ3n) is 3.71. The van der Waals surface area contributed by atoms with Crippen molar-refractivity contribution in [3.8, 4) is 5.75 Å². The molecule has 1 atom stereocenters. The van der Waals surface area contributed by atoms with Gasteiger partial charge in [-0.25, -0.2) is 0 Å². The molecule has 19 heavy (non-hydrogen) atoms. The second kappa shape index (κ2) is 3.22. The maximum Gasteiger partial charge on any atom is 0.183 e. The van der Waals surface area contributed by atoms with Gasteiger partial charge in [0.2, 0.25) is 0 Å². The Morgan fingerprint density at radius 2 is 2.11 bits per heavy atom. The predicted octanol–water partition coefficient (Wildman–Crippen LogP) is 3.05. The van der Waals surface area contributed by atoms with Crippen LogP contribution in [0.3, 0.4) is 0 Å². The molecule has 1 saturated heterocycles. The molecule has 1 fully saturated rings. The van der Waals surface area contributed by atoms with E-state index in [1.807, 2.05) is 28.8 Å².